The number of esters is 2. The number of halogens is 6. The molecule has 1 heterocycles. The van der Waals surface area contributed by atoms with E-state index in [1.807, 2.05) is 0 Å². The highest BCUT2D eigenvalue weighted by Crippen LogP contribution is 2.66. The van der Waals surface area contributed by atoms with E-state index in [1.165, 1.54) is 20.8 Å². The predicted molar refractivity (Wildman–Crippen MR) is 77.3 cm³/mol. The molecule has 2 fully saturated rings. The Morgan fingerprint density at radius 3 is 1.86 bits per heavy atom. The van der Waals surface area contributed by atoms with E-state index in [2.05, 4.69) is 4.74 Å². The molecule has 2 atom stereocenters. The molecule has 162 valence electrons. The number of carbonyl (C=O) groups excluding carboxylic acids is 2. The average Bonchev–Trinajstić information content (AvgIpc) is 2.73. The van der Waals surface area contributed by atoms with Gasteiger partial charge in [0.15, 0.2) is 0 Å². The first-order valence-electron chi connectivity index (χ1n) is 7.72. The van der Waals surface area contributed by atoms with Gasteiger partial charge in [-0.15, -0.1) is 0 Å². The van der Waals surface area contributed by atoms with Crippen LogP contribution < -0.4 is 0 Å². The van der Waals surface area contributed by atoms with Crippen LogP contribution in [0.2, 0.25) is 0 Å². The molecule has 1 aliphatic heterocycles. The Morgan fingerprint density at radius 1 is 1.11 bits per heavy atom. The summed E-state index contributed by atoms with van der Waals surface area (Å²) in [6.45, 7) is 3.84. The standard InChI is InChI=1S/C14H16F6O7S/c1-9(2)10(3)4-5-11(9,26-7(10)21)8(22)27-12(13(15,16)17,14(18,19)20)6-28(23,24)25/h4-6H2,1-3H3,(H,23,24,25). The number of rotatable bonds is 4. The number of alkyl halides is 6. The first-order valence-corrected chi connectivity index (χ1v) is 9.33. The fourth-order valence-electron chi connectivity index (χ4n) is 3.67. The molecular weight excluding hydrogens is 426 g/mol. The Bertz CT molecular complexity index is 801. The highest BCUT2D eigenvalue weighted by Gasteiger charge is 2.81. The summed E-state index contributed by atoms with van der Waals surface area (Å²) in [7, 11) is -5.91. The van der Waals surface area contributed by atoms with Gasteiger partial charge in [-0.25, -0.2) is 4.79 Å². The van der Waals surface area contributed by atoms with Crippen molar-refractivity contribution in [3.05, 3.63) is 0 Å². The van der Waals surface area contributed by atoms with Crippen LogP contribution in [0.4, 0.5) is 26.3 Å². The molecule has 1 saturated carbocycles. The molecule has 0 amide bonds. The summed E-state index contributed by atoms with van der Waals surface area (Å²) in [6.07, 6.45) is -13.4. The van der Waals surface area contributed by atoms with Gasteiger partial charge in [0, 0.05) is 5.41 Å². The number of hydrogen-bond acceptors (Lipinski definition) is 6. The van der Waals surface area contributed by atoms with Crippen molar-refractivity contribution in [3.63, 3.8) is 0 Å². The maximum atomic E-state index is 13.4. The topological polar surface area (TPSA) is 107 Å². The fraction of sp³-hybridized carbons (Fsp3) is 0.857. The van der Waals surface area contributed by atoms with E-state index in [0.29, 0.717) is 0 Å². The van der Waals surface area contributed by atoms with E-state index in [1.54, 1.807) is 0 Å². The van der Waals surface area contributed by atoms with Crippen LogP contribution in [-0.2, 0) is 29.2 Å². The molecule has 2 rings (SSSR count). The van der Waals surface area contributed by atoms with Crippen LogP contribution in [0.1, 0.15) is 33.6 Å². The summed E-state index contributed by atoms with van der Waals surface area (Å²) in [6, 6.07) is 0. The predicted octanol–water partition coefficient (Wildman–Crippen LogP) is 2.40. The lowest BCUT2D eigenvalue weighted by Gasteiger charge is -2.40. The minimum Gasteiger partial charge on any atom is -0.446 e. The lowest BCUT2D eigenvalue weighted by Crippen LogP contribution is -2.65. The number of fused-ring (bicyclic) bond motifs is 2. The van der Waals surface area contributed by atoms with Crippen molar-refractivity contribution in [2.75, 3.05) is 5.75 Å². The zero-order valence-electron chi connectivity index (χ0n) is 14.7. The van der Waals surface area contributed by atoms with Crippen LogP contribution >= 0.6 is 0 Å². The van der Waals surface area contributed by atoms with Crippen LogP contribution in [-0.4, -0.2) is 54.2 Å². The van der Waals surface area contributed by atoms with Crippen LogP contribution in [0.5, 0.6) is 0 Å². The normalized spacial score (nSPS) is 30.3. The zero-order valence-corrected chi connectivity index (χ0v) is 15.5. The van der Waals surface area contributed by atoms with Gasteiger partial charge in [0.2, 0.25) is 5.60 Å². The van der Waals surface area contributed by atoms with E-state index < -0.39 is 68.6 Å². The second kappa shape index (κ2) is 5.74. The molecule has 0 aromatic heterocycles. The largest absolute Gasteiger partial charge is 0.446 e. The molecule has 1 N–H and O–H groups in total. The van der Waals surface area contributed by atoms with Crippen LogP contribution in [0.3, 0.4) is 0 Å². The first-order chi connectivity index (χ1) is 12.2. The minimum atomic E-state index is -6.46. The first kappa shape index (κ1) is 22.7. The maximum absolute atomic E-state index is 13.4. The zero-order chi connectivity index (χ0) is 22.2. The molecular formula is C14H16F6O7S. The third-order valence-electron chi connectivity index (χ3n) is 5.98. The summed E-state index contributed by atoms with van der Waals surface area (Å²) in [5.41, 5.74) is -10.9. The SMILES string of the molecule is CC12CCC(C(=O)OC(CS(=O)(=O)O)(C(F)(F)F)C(F)(F)F)(OC1=O)C2(C)C. The third-order valence-corrected chi connectivity index (χ3v) is 6.75. The van der Waals surface area contributed by atoms with Gasteiger partial charge in [-0.1, -0.05) is 13.8 Å². The third kappa shape index (κ3) is 2.78. The number of hydrogen-bond donors (Lipinski definition) is 1. The highest BCUT2D eigenvalue weighted by atomic mass is 32.2. The van der Waals surface area contributed by atoms with Crippen molar-refractivity contribution in [3.8, 4) is 0 Å². The van der Waals surface area contributed by atoms with E-state index in [0.717, 1.165) is 0 Å². The van der Waals surface area contributed by atoms with Crippen molar-refractivity contribution in [1.82, 2.24) is 0 Å². The highest BCUT2D eigenvalue weighted by molar-refractivity contribution is 7.85. The molecule has 7 nitrogen and oxygen atoms in total. The smallest absolute Gasteiger partial charge is 0.438 e. The van der Waals surface area contributed by atoms with Gasteiger partial charge in [0.05, 0.1) is 5.41 Å². The lowest BCUT2D eigenvalue weighted by molar-refractivity contribution is -0.364. The van der Waals surface area contributed by atoms with Gasteiger partial charge in [-0.2, -0.15) is 34.8 Å². The van der Waals surface area contributed by atoms with E-state index in [9.17, 15) is 44.3 Å². The minimum absolute atomic E-state index is 0.0722. The molecule has 1 saturated heterocycles. The molecule has 0 spiro atoms. The van der Waals surface area contributed by atoms with Gasteiger partial charge in [-0.05, 0) is 19.8 Å². The summed E-state index contributed by atoms with van der Waals surface area (Å²) < 4.78 is 119. The van der Waals surface area contributed by atoms with Crippen molar-refractivity contribution in [1.29, 1.82) is 0 Å². The Hall–Kier alpha value is -1.57. The summed E-state index contributed by atoms with van der Waals surface area (Å²) in [5, 5.41) is 0. The second-order valence-corrected chi connectivity index (χ2v) is 9.06. The molecule has 14 heteroatoms. The van der Waals surface area contributed by atoms with E-state index in [4.69, 9.17) is 9.29 Å². The molecule has 2 unspecified atom stereocenters. The number of carbonyl (C=O) groups is 2. The van der Waals surface area contributed by atoms with Crippen molar-refractivity contribution in [2.24, 2.45) is 10.8 Å². The van der Waals surface area contributed by atoms with Gasteiger partial charge in [-0.3, -0.25) is 9.35 Å². The molecule has 0 aromatic carbocycles. The van der Waals surface area contributed by atoms with E-state index >= 15 is 0 Å². The summed E-state index contributed by atoms with van der Waals surface area (Å²) in [5.74, 6) is -6.19. The van der Waals surface area contributed by atoms with Crippen molar-refractivity contribution >= 4 is 22.1 Å². The van der Waals surface area contributed by atoms with Gasteiger partial charge >= 0.3 is 29.9 Å². The van der Waals surface area contributed by atoms with Gasteiger partial charge < -0.3 is 9.47 Å². The van der Waals surface area contributed by atoms with Gasteiger partial charge in [0.1, 0.15) is 5.75 Å². The second-order valence-electron chi connectivity index (χ2n) is 7.61. The number of ether oxygens (including phenoxy) is 2. The van der Waals surface area contributed by atoms with E-state index in [-0.39, 0.29) is 6.42 Å². The Morgan fingerprint density at radius 2 is 1.57 bits per heavy atom. The fourth-order valence-corrected chi connectivity index (χ4v) is 4.57. The van der Waals surface area contributed by atoms with Crippen molar-refractivity contribution in [2.45, 2.75) is 57.2 Å². The maximum Gasteiger partial charge on any atom is 0.438 e. The Labute approximate surface area is 155 Å². The summed E-state index contributed by atoms with van der Waals surface area (Å²) in [4.78, 5) is 24.6. The molecule has 2 aliphatic rings. The molecule has 0 aromatic rings. The quantitative estimate of drug-likeness (QED) is 0.405. The van der Waals surface area contributed by atoms with Crippen LogP contribution in [0.15, 0.2) is 0 Å². The van der Waals surface area contributed by atoms with Crippen LogP contribution in [0.25, 0.3) is 0 Å². The van der Waals surface area contributed by atoms with Crippen molar-refractivity contribution < 1.29 is 58.4 Å². The summed E-state index contributed by atoms with van der Waals surface area (Å²) >= 11 is 0. The van der Waals surface area contributed by atoms with Crippen LogP contribution in [0, 0.1) is 10.8 Å². The molecule has 1 aliphatic carbocycles. The Kier molecular flexibility index (Phi) is 4.66. The monoisotopic (exact) mass is 442 g/mol. The molecule has 2 bridgehead atoms. The molecule has 28 heavy (non-hydrogen) atoms. The van der Waals surface area contributed by atoms with Gasteiger partial charge in [0.25, 0.3) is 10.1 Å². The molecule has 0 radical (unpaired) electrons. The lowest BCUT2D eigenvalue weighted by atomic mass is 9.66. The Balaban J connectivity index is 2.60. The average molecular weight is 442 g/mol.